The summed E-state index contributed by atoms with van der Waals surface area (Å²) in [5, 5.41) is 8.68. The average molecular weight is 193 g/mol. The molecule has 0 aliphatic heterocycles. The molecular weight excluding hydrogens is 178 g/mol. The third kappa shape index (κ3) is 2.10. The zero-order valence-corrected chi connectivity index (χ0v) is 8.79. The van der Waals surface area contributed by atoms with Crippen molar-refractivity contribution in [2.45, 2.75) is 33.6 Å². The van der Waals surface area contributed by atoms with Crippen LogP contribution in [-0.4, -0.2) is 16.1 Å². The summed E-state index contributed by atoms with van der Waals surface area (Å²) in [7, 11) is 0. The van der Waals surface area contributed by atoms with Gasteiger partial charge in [-0.05, 0) is 37.0 Å². The van der Waals surface area contributed by atoms with Gasteiger partial charge in [-0.3, -0.25) is 9.78 Å². The summed E-state index contributed by atoms with van der Waals surface area (Å²) in [6.07, 6.45) is 2.69. The number of aryl methyl sites for hydroxylation is 1. The van der Waals surface area contributed by atoms with Crippen molar-refractivity contribution < 1.29 is 9.90 Å². The number of aromatic nitrogens is 1. The number of carboxylic acid groups (broad SMARTS) is 1. The summed E-state index contributed by atoms with van der Waals surface area (Å²) in [4.78, 5) is 14.7. The van der Waals surface area contributed by atoms with Crippen molar-refractivity contribution in [3.63, 3.8) is 0 Å². The molecule has 1 N–H and O–H groups in total. The Kier molecular flexibility index (Phi) is 3.23. The molecule has 3 nitrogen and oxygen atoms in total. The third-order valence-electron chi connectivity index (χ3n) is 2.45. The van der Waals surface area contributed by atoms with Crippen LogP contribution in [0.1, 0.15) is 29.3 Å². The van der Waals surface area contributed by atoms with E-state index in [4.69, 9.17) is 5.11 Å². The molecule has 0 radical (unpaired) electrons. The van der Waals surface area contributed by atoms with Crippen molar-refractivity contribution in [2.24, 2.45) is 0 Å². The van der Waals surface area contributed by atoms with Crippen molar-refractivity contribution in [1.29, 1.82) is 0 Å². The van der Waals surface area contributed by atoms with Gasteiger partial charge >= 0.3 is 5.97 Å². The lowest BCUT2D eigenvalue weighted by molar-refractivity contribution is -0.136. The minimum atomic E-state index is -0.827. The van der Waals surface area contributed by atoms with E-state index >= 15 is 0 Å². The molecule has 0 spiro atoms. The number of hydrogen-bond acceptors (Lipinski definition) is 2. The molecule has 0 saturated heterocycles. The lowest BCUT2D eigenvalue weighted by Gasteiger charge is -2.10. The molecule has 0 fully saturated rings. The molecule has 0 aliphatic rings. The maximum Gasteiger partial charge on any atom is 0.309 e. The maximum absolute atomic E-state index is 10.6. The Morgan fingerprint density at radius 2 is 2.14 bits per heavy atom. The zero-order valence-electron chi connectivity index (χ0n) is 8.79. The predicted octanol–water partition coefficient (Wildman–Crippen LogP) is 1.89. The van der Waals surface area contributed by atoms with Gasteiger partial charge in [0.05, 0.1) is 12.1 Å². The van der Waals surface area contributed by atoms with Crippen LogP contribution in [0.4, 0.5) is 0 Å². The van der Waals surface area contributed by atoms with Gasteiger partial charge in [0, 0.05) is 6.20 Å². The van der Waals surface area contributed by atoms with Crippen LogP contribution in [0.15, 0.2) is 6.20 Å². The van der Waals surface area contributed by atoms with E-state index in [9.17, 15) is 4.79 Å². The number of pyridine rings is 1. The molecule has 1 rings (SSSR count). The third-order valence-corrected chi connectivity index (χ3v) is 2.45. The van der Waals surface area contributed by atoms with Crippen LogP contribution >= 0.6 is 0 Å². The second-order valence-electron chi connectivity index (χ2n) is 3.42. The highest BCUT2D eigenvalue weighted by Gasteiger charge is 2.09. The maximum atomic E-state index is 10.6. The molecule has 3 heteroatoms. The average Bonchev–Trinajstić information content (AvgIpc) is 2.10. The van der Waals surface area contributed by atoms with Crippen molar-refractivity contribution >= 4 is 5.97 Å². The van der Waals surface area contributed by atoms with Crippen molar-refractivity contribution in [1.82, 2.24) is 4.98 Å². The molecule has 1 heterocycles. The van der Waals surface area contributed by atoms with Crippen LogP contribution in [0, 0.1) is 13.8 Å². The number of rotatable bonds is 3. The highest BCUT2D eigenvalue weighted by molar-refractivity contribution is 5.70. The van der Waals surface area contributed by atoms with E-state index in [-0.39, 0.29) is 6.42 Å². The van der Waals surface area contributed by atoms with E-state index in [1.807, 2.05) is 13.8 Å². The van der Waals surface area contributed by atoms with E-state index in [1.165, 1.54) is 5.56 Å². The number of nitrogens with zero attached hydrogens (tertiary/aromatic N) is 1. The molecule has 0 aliphatic carbocycles. The van der Waals surface area contributed by atoms with Gasteiger partial charge in [-0.2, -0.15) is 0 Å². The van der Waals surface area contributed by atoms with Crippen molar-refractivity contribution in [2.75, 3.05) is 0 Å². The Morgan fingerprint density at radius 1 is 1.50 bits per heavy atom. The van der Waals surface area contributed by atoms with Crippen molar-refractivity contribution in [3.8, 4) is 0 Å². The Bertz CT molecular complexity index is 359. The first-order valence-electron chi connectivity index (χ1n) is 4.72. The lowest BCUT2D eigenvalue weighted by atomic mass is 10.00. The smallest absolute Gasteiger partial charge is 0.309 e. The largest absolute Gasteiger partial charge is 0.481 e. The first-order valence-corrected chi connectivity index (χ1v) is 4.72. The first-order chi connectivity index (χ1) is 6.56. The van der Waals surface area contributed by atoms with Crippen LogP contribution < -0.4 is 0 Å². The van der Waals surface area contributed by atoms with Gasteiger partial charge in [0.25, 0.3) is 0 Å². The fraction of sp³-hybridized carbons (Fsp3) is 0.455. The monoisotopic (exact) mass is 193 g/mol. The van der Waals surface area contributed by atoms with Gasteiger partial charge in [0.15, 0.2) is 0 Å². The minimum absolute atomic E-state index is 0.0130. The second kappa shape index (κ2) is 4.22. The zero-order chi connectivity index (χ0) is 10.7. The predicted molar refractivity (Wildman–Crippen MR) is 54.4 cm³/mol. The van der Waals surface area contributed by atoms with Crippen molar-refractivity contribution in [3.05, 3.63) is 28.6 Å². The highest BCUT2D eigenvalue weighted by atomic mass is 16.4. The molecule has 14 heavy (non-hydrogen) atoms. The topological polar surface area (TPSA) is 50.2 Å². The van der Waals surface area contributed by atoms with E-state index in [0.29, 0.717) is 5.69 Å². The van der Waals surface area contributed by atoms with Gasteiger partial charge in [-0.15, -0.1) is 0 Å². The van der Waals surface area contributed by atoms with Crippen LogP contribution in [0.3, 0.4) is 0 Å². The van der Waals surface area contributed by atoms with Crippen LogP contribution in [0.2, 0.25) is 0 Å². The van der Waals surface area contributed by atoms with E-state index in [2.05, 4.69) is 11.9 Å². The number of carbonyl (C=O) groups is 1. The van der Waals surface area contributed by atoms with Gasteiger partial charge in [0.1, 0.15) is 0 Å². The molecule has 0 bridgehead atoms. The van der Waals surface area contributed by atoms with Gasteiger partial charge < -0.3 is 5.11 Å². The highest BCUT2D eigenvalue weighted by Crippen LogP contribution is 2.16. The lowest BCUT2D eigenvalue weighted by Crippen LogP contribution is -2.07. The fourth-order valence-corrected chi connectivity index (χ4v) is 1.68. The Balaban J connectivity index is 3.14. The fourth-order valence-electron chi connectivity index (χ4n) is 1.68. The number of carboxylic acids is 1. The van der Waals surface area contributed by atoms with Crippen LogP contribution in [0.5, 0.6) is 0 Å². The molecule has 76 valence electrons. The Hall–Kier alpha value is -1.38. The number of hydrogen-bond donors (Lipinski definition) is 1. The summed E-state index contributed by atoms with van der Waals surface area (Å²) >= 11 is 0. The van der Waals surface area contributed by atoms with Gasteiger partial charge in [-0.1, -0.05) is 6.92 Å². The molecule has 0 aromatic carbocycles. The van der Waals surface area contributed by atoms with Crippen LogP contribution in [0.25, 0.3) is 0 Å². The summed E-state index contributed by atoms with van der Waals surface area (Å²) in [5.74, 6) is -0.827. The molecular formula is C11H15NO2. The van der Waals surface area contributed by atoms with Gasteiger partial charge in [0.2, 0.25) is 0 Å². The molecule has 1 aromatic heterocycles. The van der Waals surface area contributed by atoms with E-state index in [1.54, 1.807) is 6.20 Å². The molecule has 0 atom stereocenters. The van der Waals surface area contributed by atoms with Crippen LogP contribution in [-0.2, 0) is 17.6 Å². The normalized spacial score (nSPS) is 10.2. The quantitative estimate of drug-likeness (QED) is 0.797. The molecule has 0 amide bonds. The summed E-state index contributed by atoms with van der Waals surface area (Å²) in [6, 6.07) is 0. The van der Waals surface area contributed by atoms with E-state index in [0.717, 1.165) is 17.5 Å². The Morgan fingerprint density at radius 3 is 2.64 bits per heavy atom. The Labute approximate surface area is 83.8 Å². The SMILES string of the molecule is CCc1c(C)cnc(CC(=O)O)c1C. The van der Waals surface area contributed by atoms with Gasteiger partial charge in [-0.25, -0.2) is 0 Å². The summed E-state index contributed by atoms with van der Waals surface area (Å²) in [5.41, 5.74) is 4.06. The first kappa shape index (κ1) is 10.7. The minimum Gasteiger partial charge on any atom is -0.481 e. The standard InChI is InChI=1S/C11H15NO2/c1-4-9-7(2)6-12-10(8(9)3)5-11(13)14/h6H,4-5H2,1-3H3,(H,13,14). The molecule has 0 unspecified atom stereocenters. The molecule has 1 aromatic rings. The summed E-state index contributed by atoms with van der Waals surface area (Å²) < 4.78 is 0. The van der Waals surface area contributed by atoms with E-state index < -0.39 is 5.97 Å². The summed E-state index contributed by atoms with van der Waals surface area (Å²) in [6.45, 7) is 6.01. The number of aliphatic carboxylic acids is 1. The second-order valence-corrected chi connectivity index (χ2v) is 3.42. The molecule has 0 saturated carbocycles.